The molecule has 0 aliphatic heterocycles. The van der Waals surface area contributed by atoms with Gasteiger partial charge in [-0.25, -0.2) is 4.98 Å². The molecule has 0 fully saturated rings. The van der Waals surface area contributed by atoms with Crippen LogP contribution >= 0.6 is 0 Å². The molecule has 2 rings (SSSR count). The number of hydrogen-bond donors (Lipinski definition) is 0. The molecule has 0 N–H and O–H groups in total. The minimum atomic E-state index is -4.75. The van der Waals surface area contributed by atoms with Crippen molar-refractivity contribution in [2.24, 2.45) is 0 Å². The fourth-order valence-electron chi connectivity index (χ4n) is 1.63. The van der Waals surface area contributed by atoms with Crippen LogP contribution in [0.2, 0.25) is 0 Å². The minimum Gasteiger partial charge on any atom is -0.494 e. The van der Waals surface area contributed by atoms with Crippen LogP contribution in [0.3, 0.4) is 0 Å². The Balaban J connectivity index is 2.01. The third-order valence-electron chi connectivity index (χ3n) is 2.63. The van der Waals surface area contributed by atoms with E-state index in [0.717, 1.165) is 23.8 Å². The summed E-state index contributed by atoms with van der Waals surface area (Å²) in [5.41, 5.74) is 1.26. The molecular weight excluding hydrogens is 307 g/mol. The number of hydrogen-bond acceptors (Lipinski definition) is 3. The second kappa shape index (κ2) is 7.54. The van der Waals surface area contributed by atoms with E-state index in [0.29, 0.717) is 12.2 Å². The lowest BCUT2D eigenvalue weighted by molar-refractivity contribution is -0.276. The van der Waals surface area contributed by atoms with E-state index in [4.69, 9.17) is 4.74 Å². The molecule has 1 aromatic heterocycles. The highest BCUT2D eigenvalue weighted by Crippen LogP contribution is 2.20. The molecule has 6 heteroatoms. The van der Waals surface area contributed by atoms with E-state index in [1.54, 1.807) is 0 Å². The van der Waals surface area contributed by atoms with Crippen LogP contribution in [-0.2, 0) is 0 Å². The summed E-state index contributed by atoms with van der Waals surface area (Å²) in [6.45, 7) is 2.68. The Labute approximate surface area is 132 Å². The van der Waals surface area contributed by atoms with E-state index >= 15 is 0 Å². The Bertz CT molecular complexity index is 683. The summed E-state index contributed by atoms with van der Waals surface area (Å²) in [5.74, 6) is 5.98. The van der Waals surface area contributed by atoms with Gasteiger partial charge in [0.25, 0.3) is 0 Å². The van der Waals surface area contributed by atoms with Gasteiger partial charge >= 0.3 is 6.36 Å². The first-order valence-corrected chi connectivity index (χ1v) is 6.93. The van der Waals surface area contributed by atoms with E-state index in [1.165, 1.54) is 12.3 Å². The van der Waals surface area contributed by atoms with Gasteiger partial charge < -0.3 is 9.47 Å². The molecule has 0 spiro atoms. The van der Waals surface area contributed by atoms with Gasteiger partial charge in [0, 0.05) is 23.4 Å². The molecule has 0 unspecified atom stereocenters. The topological polar surface area (TPSA) is 31.4 Å². The van der Waals surface area contributed by atoms with Gasteiger partial charge in [-0.1, -0.05) is 18.8 Å². The number of aromatic nitrogens is 1. The Morgan fingerprint density at radius 2 is 1.65 bits per heavy atom. The van der Waals surface area contributed by atoms with Crippen molar-refractivity contribution in [2.75, 3.05) is 6.61 Å². The van der Waals surface area contributed by atoms with E-state index in [1.807, 2.05) is 31.2 Å². The van der Waals surface area contributed by atoms with Crippen LogP contribution in [0.15, 0.2) is 42.6 Å². The lowest BCUT2D eigenvalue weighted by atomic mass is 10.2. The van der Waals surface area contributed by atoms with Crippen LogP contribution in [0, 0.1) is 11.8 Å². The normalized spacial score (nSPS) is 10.6. The third kappa shape index (κ3) is 5.91. The molecule has 1 aromatic carbocycles. The van der Waals surface area contributed by atoms with Crippen LogP contribution in [0.1, 0.15) is 24.5 Å². The van der Waals surface area contributed by atoms with Gasteiger partial charge in [0.2, 0.25) is 5.88 Å². The van der Waals surface area contributed by atoms with E-state index < -0.39 is 12.2 Å². The smallest absolute Gasteiger partial charge is 0.494 e. The summed E-state index contributed by atoms with van der Waals surface area (Å²) in [7, 11) is 0. The summed E-state index contributed by atoms with van der Waals surface area (Å²) in [4.78, 5) is 3.56. The molecule has 23 heavy (non-hydrogen) atoms. The fourth-order valence-corrected chi connectivity index (χ4v) is 1.63. The Kier molecular flexibility index (Phi) is 5.47. The van der Waals surface area contributed by atoms with Crippen molar-refractivity contribution in [2.45, 2.75) is 19.7 Å². The van der Waals surface area contributed by atoms with Crippen LogP contribution in [0.4, 0.5) is 13.2 Å². The largest absolute Gasteiger partial charge is 0.574 e. The third-order valence-corrected chi connectivity index (χ3v) is 2.63. The molecule has 0 saturated heterocycles. The summed E-state index contributed by atoms with van der Waals surface area (Å²) in [5, 5.41) is 0. The Morgan fingerprint density at radius 3 is 2.22 bits per heavy atom. The first kappa shape index (κ1) is 16.7. The van der Waals surface area contributed by atoms with Crippen LogP contribution < -0.4 is 9.47 Å². The number of ether oxygens (including phenoxy) is 2. The van der Waals surface area contributed by atoms with Gasteiger partial charge in [0.1, 0.15) is 5.75 Å². The number of benzene rings is 1. The molecule has 120 valence electrons. The highest BCUT2D eigenvalue weighted by atomic mass is 19.4. The van der Waals surface area contributed by atoms with Crippen LogP contribution in [-0.4, -0.2) is 18.0 Å². The summed E-state index contributed by atoms with van der Waals surface area (Å²) in [6.07, 6.45) is -2.59. The van der Waals surface area contributed by atoms with E-state index in [2.05, 4.69) is 21.6 Å². The average Bonchev–Trinajstić information content (AvgIpc) is 2.52. The van der Waals surface area contributed by atoms with Gasteiger partial charge in [0.05, 0.1) is 6.61 Å². The lowest BCUT2D eigenvalue weighted by Crippen LogP contribution is -2.17. The summed E-state index contributed by atoms with van der Waals surface area (Å²) in [6, 6.07) is 9.80. The molecule has 0 amide bonds. The Morgan fingerprint density at radius 1 is 1.00 bits per heavy atom. The molecule has 0 aliphatic carbocycles. The molecule has 0 bridgehead atoms. The molecule has 2 aromatic rings. The maximum absolute atomic E-state index is 12.0. The number of alkyl halides is 3. The maximum Gasteiger partial charge on any atom is 0.574 e. The second-order valence-corrected chi connectivity index (χ2v) is 4.56. The molecule has 3 nitrogen and oxygen atoms in total. The first-order chi connectivity index (χ1) is 11.0. The molecular formula is C17H14F3NO2. The molecule has 1 heterocycles. The molecule has 0 atom stereocenters. The molecule has 0 saturated carbocycles. The number of halogens is 3. The zero-order valence-corrected chi connectivity index (χ0v) is 12.4. The predicted molar refractivity (Wildman–Crippen MR) is 79.1 cm³/mol. The predicted octanol–water partition coefficient (Wildman–Crippen LogP) is 4.17. The fraction of sp³-hybridized carbons (Fsp3) is 0.235. The average molecular weight is 321 g/mol. The quantitative estimate of drug-likeness (QED) is 0.792. The summed E-state index contributed by atoms with van der Waals surface area (Å²) >= 11 is 0. The SMILES string of the molecule is CCCOc1ccc(C#Cc2ccc(OC(F)(F)F)nc2)cc1. The van der Waals surface area contributed by atoms with Crippen LogP contribution in [0.25, 0.3) is 0 Å². The van der Waals surface area contributed by atoms with Crippen molar-refractivity contribution in [1.82, 2.24) is 4.98 Å². The summed E-state index contributed by atoms with van der Waals surface area (Å²) < 4.78 is 45.2. The Hall–Kier alpha value is -2.68. The zero-order valence-electron chi connectivity index (χ0n) is 12.4. The molecule has 0 aliphatic rings. The van der Waals surface area contributed by atoms with Gasteiger partial charge in [0.15, 0.2) is 0 Å². The zero-order chi connectivity index (χ0) is 16.7. The maximum atomic E-state index is 12.0. The van der Waals surface area contributed by atoms with Crippen molar-refractivity contribution in [3.05, 3.63) is 53.7 Å². The van der Waals surface area contributed by atoms with Crippen LogP contribution in [0.5, 0.6) is 11.6 Å². The highest BCUT2D eigenvalue weighted by molar-refractivity contribution is 5.44. The van der Waals surface area contributed by atoms with Crippen molar-refractivity contribution >= 4 is 0 Å². The standard InChI is InChI=1S/C17H14F3NO2/c1-2-11-22-15-8-5-13(6-9-15)3-4-14-7-10-16(21-12-14)23-17(18,19)20/h5-10,12H,2,11H2,1H3. The van der Waals surface area contributed by atoms with Crippen molar-refractivity contribution < 1.29 is 22.6 Å². The van der Waals surface area contributed by atoms with Gasteiger partial charge in [-0.2, -0.15) is 0 Å². The molecule has 0 radical (unpaired) electrons. The lowest BCUT2D eigenvalue weighted by Gasteiger charge is -2.06. The van der Waals surface area contributed by atoms with E-state index in [-0.39, 0.29) is 0 Å². The second-order valence-electron chi connectivity index (χ2n) is 4.56. The first-order valence-electron chi connectivity index (χ1n) is 6.93. The van der Waals surface area contributed by atoms with Crippen molar-refractivity contribution in [1.29, 1.82) is 0 Å². The van der Waals surface area contributed by atoms with Gasteiger partial charge in [-0.3, -0.25) is 0 Å². The number of pyridine rings is 1. The monoisotopic (exact) mass is 321 g/mol. The number of rotatable bonds is 4. The van der Waals surface area contributed by atoms with Crippen molar-refractivity contribution in [3.63, 3.8) is 0 Å². The highest BCUT2D eigenvalue weighted by Gasteiger charge is 2.31. The number of nitrogens with zero attached hydrogens (tertiary/aromatic N) is 1. The van der Waals surface area contributed by atoms with E-state index in [9.17, 15) is 13.2 Å². The van der Waals surface area contributed by atoms with Gasteiger partial charge in [-0.15, -0.1) is 13.2 Å². The van der Waals surface area contributed by atoms with Crippen molar-refractivity contribution in [3.8, 4) is 23.5 Å². The minimum absolute atomic E-state index is 0.492. The van der Waals surface area contributed by atoms with Gasteiger partial charge in [-0.05, 0) is 36.8 Å².